The van der Waals surface area contributed by atoms with Gasteiger partial charge in [0.1, 0.15) is 0 Å². The molecule has 0 radical (unpaired) electrons. The first-order chi connectivity index (χ1) is 16.9. The van der Waals surface area contributed by atoms with Crippen molar-refractivity contribution in [3.63, 3.8) is 0 Å². The number of pyridine rings is 1. The Balaban J connectivity index is 1.80. The molecule has 0 spiro atoms. The highest BCUT2D eigenvalue weighted by Gasteiger charge is 2.37. The van der Waals surface area contributed by atoms with Gasteiger partial charge in [0, 0.05) is 29.4 Å². The highest BCUT2D eigenvalue weighted by Crippen LogP contribution is 2.38. The number of benzene rings is 1. The van der Waals surface area contributed by atoms with Gasteiger partial charge in [-0.05, 0) is 37.6 Å². The van der Waals surface area contributed by atoms with Crippen molar-refractivity contribution in [2.24, 2.45) is 5.73 Å². The number of anilines is 2. The molecule has 5 N–H and O–H groups in total. The Bertz CT molecular complexity index is 1320. The molecule has 0 bridgehead atoms. The molecule has 0 saturated carbocycles. The van der Waals surface area contributed by atoms with Crippen LogP contribution in [0.4, 0.5) is 29.3 Å². The van der Waals surface area contributed by atoms with E-state index in [2.05, 4.69) is 25.6 Å². The zero-order valence-corrected chi connectivity index (χ0v) is 20.2. The number of halogens is 3. The average molecular weight is 505 g/mol. The Morgan fingerprint density at radius 2 is 1.89 bits per heavy atom. The zero-order valence-electron chi connectivity index (χ0n) is 20.2. The first-order valence-electron chi connectivity index (χ1n) is 11.0. The second kappa shape index (κ2) is 10.4. The molecule has 2 heterocycles. The van der Waals surface area contributed by atoms with E-state index in [4.69, 9.17) is 10.5 Å². The highest BCUT2D eigenvalue weighted by atomic mass is 19.4. The van der Waals surface area contributed by atoms with Crippen molar-refractivity contribution in [2.45, 2.75) is 39.3 Å². The van der Waals surface area contributed by atoms with E-state index in [-0.39, 0.29) is 40.6 Å². The molecule has 0 atom stereocenters. The van der Waals surface area contributed by atoms with Gasteiger partial charge in [0.15, 0.2) is 11.6 Å². The molecule has 192 valence electrons. The number of aromatic amines is 1. The number of carbonyl (C=O) groups is 1. The average Bonchev–Trinajstić information content (AvgIpc) is 2.81. The highest BCUT2D eigenvalue weighted by molar-refractivity contribution is 6.00. The van der Waals surface area contributed by atoms with Gasteiger partial charge in [-0.15, -0.1) is 0 Å². The summed E-state index contributed by atoms with van der Waals surface area (Å²) in [4.78, 5) is 35.4. The minimum Gasteiger partial charge on any atom is -0.488 e. The molecule has 36 heavy (non-hydrogen) atoms. The molecule has 0 aliphatic rings. The summed E-state index contributed by atoms with van der Waals surface area (Å²) in [6, 6.07) is 4.32. The molecule has 0 fully saturated rings. The van der Waals surface area contributed by atoms with Crippen LogP contribution in [0.5, 0.6) is 5.75 Å². The molecule has 0 aliphatic heterocycles. The van der Waals surface area contributed by atoms with Gasteiger partial charge < -0.3 is 26.1 Å². The van der Waals surface area contributed by atoms with Gasteiger partial charge in [0.05, 0.1) is 29.7 Å². The van der Waals surface area contributed by atoms with Crippen molar-refractivity contribution < 1.29 is 22.7 Å². The molecule has 2 amide bonds. The normalized spacial score (nSPS) is 11.8. The van der Waals surface area contributed by atoms with Crippen molar-refractivity contribution in [3.05, 3.63) is 63.8 Å². The number of carbonyl (C=O) groups excluding carboxylic acids is 1. The maximum absolute atomic E-state index is 13.7. The molecule has 0 unspecified atom stereocenters. The Hall–Kier alpha value is -3.93. The third-order valence-electron chi connectivity index (χ3n) is 5.48. The Kier molecular flexibility index (Phi) is 7.68. The minimum absolute atomic E-state index is 0.0185. The SMILES string of the molecule is CCOc1cc(-c2ncc(NC(=O)Nc3ccc(C(C)(C)CN)c(C(F)(F)F)c3)c(C)n2)c[nH]c1=O. The number of H-pyrrole nitrogens is 1. The molecule has 2 aromatic heterocycles. The Morgan fingerprint density at radius 1 is 1.17 bits per heavy atom. The zero-order chi connectivity index (χ0) is 26.7. The largest absolute Gasteiger partial charge is 0.488 e. The summed E-state index contributed by atoms with van der Waals surface area (Å²) in [7, 11) is 0. The van der Waals surface area contributed by atoms with Gasteiger partial charge in [-0.2, -0.15) is 13.2 Å². The number of nitrogens with one attached hydrogen (secondary N) is 3. The van der Waals surface area contributed by atoms with Crippen LogP contribution in [-0.2, 0) is 11.6 Å². The van der Waals surface area contributed by atoms with E-state index in [1.165, 1.54) is 30.6 Å². The Labute approximate surface area is 205 Å². The van der Waals surface area contributed by atoms with E-state index in [1.54, 1.807) is 27.7 Å². The fourth-order valence-electron chi connectivity index (χ4n) is 3.42. The van der Waals surface area contributed by atoms with Crippen LogP contribution < -0.4 is 26.7 Å². The monoisotopic (exact) mass is 504 g/mol. The van der Waals surface area contributed by atoms with Crippen molar-refractivity contribution in [2.75, 3.05) is 23.8 Å². The van der Waals surface area contributed by atoms with E-state index >= 15 is 0 Å². The second-order valence-electron chi connectivity index (χ2n) is 8.63. The van der Waals surface area contributed by atoms with Gasteiger partial charge in [0.2, 0.25) is 0 Å². The number of urea groups is 1. The van der Waals surface area contributed by atoms with E-state index in [0.29, 0.717) is 17.9 Å². The van der Waals surface area contributed by atoms with E-state index in [0.717, 1.165) is 6.07 Å². The van der Waals surface area contributed by atoms with Crippen LogP contribution in [0, 0.1) is 6.92 Å². The topological polar surface area (TPSA) is 135 Å². The van der Waals surface area contributed by atoms with Crippen LogP contribution in [-0.4, -0.2) is 34.1 Å². The molecule has 9 nitrogen and oxygen atoms in total. The van der Waals surface area contributed by atoms with E-state index < -0.39 is 23.2 Å². The van der Waals surface area contributed by atoms with E-state index in [1.807, 2.05) is 0 Å². The molecule has 3 rings (SSSR count). The molecule has 3 aromatic rings. The van der Waals surface area contributed by atoms with Crippen molar-refractivity contribution in [3.8, 4) is 17.1 Å². The van der Waals surface area contributed by atoms with Crippen LogP contribution in [0.15, 0.2) is 41.5 Å². The van der Waals surface area contributed by atoms with Crippen LogP contribution in [0.1, 0.15) is 37.6 Å². The lowest BCUT2D eigenvalue weighted by molar-refractivity contribution is -0.138. The number of nitrogens with two attached hydrogens (primary N) is 1. The van der Waals surface area contributed by atoms with Crippen molar-refractivity contribution >= 4 is 17.4 Å². The molecular weight excluding hydrogens is 477 g/mol. The number of alkyl halides is 3. The molecule has 1 aromatic carbocycles. The number of aromatic nitrogens is 3. The molecule has 0 aliphatic carbocycles. The first kappa shape index (κ1) is 26.7. The predicted octanol–water partition coefficient (Wildman–Crippen LogP) is 4.44. The number of amides is 2. The summed E-state index contributed by atoms with van der Waals surface area (Å²) >= 11 is 0. The predicted molar refractivity (Wildman–Crippen MR) is 130 cm³/mol. The summed E-state index contributed by atoms with van der Waals surface area (Å²) < 4.78 is 46.3. The summed E-state index contributed by atoms with van der Waals surface area (Å²) in [6.45, 7) is 6.94. The number of ether oxygens (including phenoxy) is 1. The lowest BCUT2D eigenvalue weighted by atomic mass is 9.81. The smallest absolute Gasteiger partial charge is 0.416 e. The first-order valence-corrected chi connectivity index (χ1v) is 11.0. The summed E-state index contributed by atoms with van der Waals surface area (Å²) in [5, 5.41) is 4.94. The van der Waals surface area contributed by atoms with Crippen LogP contribution in [0.2, 0.25) is 0 Å². The number of aryl methyl sites for hydroxylation is 1. The number of hydrogen-bond donors (Lipinski definition) is 4. The lowest BCUT2D eigenvalue weighted by Crippen LogP contribution is -2.31. The van der Waals surface area contributed by atoms with Crippen LogP contribution in [0.25, 0.3) is 11.4 Å². The lowest BCUT2D eigenvalue weighted by Gasteiger charge is -2.27. The Morgan fingerprint density at radius 3 is 2.50 bits per heavy atom. The minimum atomic E-state index is -4.63. The second-order valence-corrected chi connectivity index (χ2v) is 8.63. The van der Waals surface area contributed by atoms with E-state index in [9.17, 15) is 22.8 Å². The summed E-state index contributed by atoms with van der Waals surface area (Å²) in [5.41, 5.74) is 4.65. The number of hydrogen-bond acceptors (Lipinski definition) is 6. The molecule has 12 heteroatoms. The van der Waals surface area contributed by atoms with Crippen molar-refractivity contribution in [1.82, 2.24) is 15.0 Å². The fraction of sp³-hybridized carbons (Fsp3) is 0.333. The van der Waals surface area contributed by atoms with Gasteiger partial charge in [0.25, 0.3) is 5.56 Å². The number of rotatable bonds is 7. The maximum atomic E-state index is 13.7. The standard InChI is InChI=1S/C24H27F3N6O3/c1-5-36-19-8-14(10-30-21(19)34)20-29-11-18(13(2)31-20)33-22(35)32-15-6-7-16(23(3,4)12-28)17(9-15)24(25,26)27/h6-11H,5,12,28H2,1-4H3,(H,30,34)(H2,32,33,35). The number of nitrogens with zero attached hydrogens (tertiary/aromatic N) is 2. The third-order valence-corrected chi connectivity index (χ3v) is 5.48. The molecule has 0 saturated heterocycles. The maximum Gasteiger partial charge on any atom is 0.416 e. The quantitative estimate of drug-likeness (QED) is 0.376. The van der Waals surface area contributed by atoms with Gasteiger partial charge >= 0.3 is 12.2 Å². The van der Waals surface area contributed by atoms with Gasteiger partial charge in [-0.25, -0.2) is 14.8 Å². The van der Waals surface area contributed by atoms with Gasteiger partial charge in [-0.1, -0.05) is 19.9 Å². The third kappa shape index (κ3) is 6.00. The van der Waals surface area contributed by atoms with Crippen LogP contribution >= 0.6 is 0 Å². The fourth-order valence-corrected chi connectivity index (χ4v) is 3.42. The summed E-state index contributed by atoms with van der Waals surface area (Å²) in [6.07, 6.45) is -1.83. The van der Waals surface area contributed by atoms with Gasteiger partial charge in [-0.3, -0.25) is 4.79 Å². The molecular formula is C24H27F3N6O3. The van der Waals surface area contributed by atoms with Crippen molar-refractivity contribution in [1.29, 1.82) is 0 Å². The van der Waals surface area contributed by atoms with Crippen LogP contribution in [0.3, 0.4) is 0 Å². The summed E-state index contributed by atoms with van der Waals surface area (Å²) in [5.74, 6) is 0.403.